The van der Waals surface area contributed by atoms with Crippen LogP contribution >= 0.6 is 0 Å². The largest absolute Gasteiger partial charge is 0.335 e. The lowest BCUT2D eigenvalue weighted by molar-refractivity contribution is -0.906. The Morgan fingerprint density at radius 2 is 0.976 bits per heavy atom. The molecule has 42 heavy (non-hydrogen) atoms. The van der Waals surface area contributed by atoms with Gasteiger partial charge in [0.05, 0.1) is 72.8 Å². The van der Waals surface area contributed by atoms with Crippen molar-refractivity contribution in [3.63, 3.8) is 0 Å². The first-order chi connectivity index (χ1) is 20.0. The molecule has 6 atom stereocenters. The maximum Gasteiger partial charge on any atom is 0.176 e. The van der Waals surface area contributed by atoms with E-state index in [1.54, 1.807) is 11.1 Å². The van der Waals surface area contributed by atoms with E-state index in [0.29, 0.717) is 18.5 Å². The monoisotopic (exact) mass is 563 g/mol. The van der Waals surface area contributed by atoms with Crippen LogP contribution in [-0.2, 0) is 16.2 Å². The molecular formula is C36H47N6+3. The molecule has 6 nitrogen and oxygen atoms in total. The van der Waals surface area contributed by atoms with Gasteiger partial charge in [-0.2, -0.15) is 0 Å². The molecule has 0 spiro atoms. The number of nitrogens with zero attached hydrogens (tertiary/aromatic N) is 3. The highest BCUT2D eigenvalue weighted by Gasteiger charge is 2.78. The summed E-state index contributed by atoms with van der Waals surface area (Å²) in [5.74, 6) is 0. The molecular weight excluding hydrogens is 516 g/mol. The fraction of sp³-hybridized carbons (Fsp3) is 0.500. The highest BCUT2D eigenvalue weighted by Crippen LogP contribution is 2.69. The lowest BCUT2D eigenvalue weighted by Crippen LogP contribution is -2.65. The number of likely N-dealkylation sites (N-methyl/N-ethyl adjacent to an activating group) is 3. The van der Waals surface area contributed by atoms with Crippen LogP contribution in [0.4, 0.5) is 17.1 Å². The molecule has 6 aliphatic rings. The van der Waals surface area contributed by atoms with Crippen LogP contribution in [0, 0.1) is 0 Å². The molecule has 3 aromatic carbocycles. The molecule has 0 radical (unpaired) electrons. The molecule has 6 heteroatoms. The van der Waals surface area contributed by atoms with E-state index in [0.717, 1.165) is 19.9 Å². The highest BCUT2D eigenvalue weighted by molar-refractivity contribution is 5.77. The van der Waals surface area contributed by atoms with Gasteiger partial charge in [0.15, 0.2) is 18.5 Å². The SMILES string of the molecule is C[N+]1(C)CCC2([C@]34CC[N+](C)(C)[C@H]3Nc3c([C@]56CC[N+](C)(C)[C@H]5Nc5ccccc56)cccc34)c3ccccc3N[C@H]21. The number of nitrogens with one attached hydrogen (secondary N) is 3. The second-order valence-corrected chi connectivity index (χ2v) is 16.1. The molecule has 0 saturated carbocycles. The van der Waals surface area contributed by atoms with E-state index in [2.05, 4.69) is 125 Å². The molecule has 6 aliphatic heterocycles. The summed E-state index contributed by atoms with van der Waals surface area (Å²) in [4.78, 5) is 0. The maximum atomic E-state index is 4.38. The van der Waals surface area contributed by atoms with Gasteiger partial charge in [-0.3, -0.25) is 0 Å². The minimum Gasteiger partial charge on any atom is -0.335 e. The van der Waals surface area contributed by atoms with Gasteiger partial charge in [-0.1, -0.05) is 54.6 Å². The van der Waals surface area contributed by atoms with Gasteiger partial charge in [-0.15, -0.1) is 0 Å². The minimum absolute atomic E-state index is 0.00119. The first-order valence-corrected chi connectivity index (χ1v) is 16.1. The Balaban J connectivity index is 1.33. The van der Waals surface area contributed by atoms with Crippen LogP contribution in [0.25, 0.3) is 0 Å². The summed E-state index contributed by atoms with van der Waals surface area (Å²) in [6, 6.07) is 25.9. The van der Waals surface area contributed by atoms with Gasteiger partial charge in [0.25, 0.3) is 0 Å². The molecule has 3 N–H and O–H groups in total. The second kappa shape index (κ2) is 7.53. The fourth-order valence-electron chi connectivity index (χ4n) is 11.4. The van der Waals surface area contributed by atoms with Gasteiger partial charge < -0.3 is 29.4 Å². The van der Waals surface area contributed by atoms with Crippen LogP contribution in [0.1, 0.15) is 41.5 Å². The van der Waals surface area contributed by atoms with Crippen LogP contribution in [0.5, 0.6) is 0 Å². The number of rotatable bonds is 2. The molecule has 0 amide bonds. The first-order valence-electron chi connectivity index (χ1n) is 16.1. The standard InChI is InChI=1S/C36H47N6/c1-40(2)21-18-34(24-12-7-9-16-28(24)37-31(34)40)26-14-11-15-27-30(26)39-33-36(27,20-23-42(33,5)6)35-19-22-41(3,4)32(35)38-29-17-10-8-13-25(29)35/h7-17,31-33,37-39H,18-23H2,1-6H3/q+3/t31-,32+,33-,34-,35?,36+/m1/s1. The number of hydrogen-bond donors (Lipinski definition) is 3. The Morgan fingerprint density at radius 3 is 1.69 bits per heavy atom. The van der Waals surface area contributed by atoms with Crippen molar-refractivity contribution in [3.8, 4) is 0 Å². The Kier molecular flexibility index (Phi) is 4.56. The number of likely N-dealkylation sites (tertiary alicyclic amines) is 3. The van der Waals surface area contributed by atoms with Gasteiger partial charge in [0, 0.05) is 36.3 Å². The zero-order valence-corrected chi connectivity index (χ0v) is 26.2. The molecule has 3 fully saturated rings. The number of quaternary nitrogens is 3. The van der Waals surface area contributed by atoms with Crippen LogP contribution < -0.4 is 16.0 Å². The molecule has 3 aromatic rings. The zero-order valence-electron chi connectivity index (χ0n) is 26.2. The lowest BCUT2D eigenvalue weighted by atomic mass is 9.54. The van der Waals surface area contributed by atoms with E-state index < -0.39 is 0 Å². The average Bonchev–Trinajstić information content (AvgIpc) is 3.76. The molecule has 3 saturated heterocycles. The molecule has 1 unspecified atom stereocenters. The third kappa shape index (κ3) is 2.62. The molecule has 0 aromatic heterocycles. The Morgan fingerprint density at radius 1 is 0.500 bits per heavy atom. The molecule has 0 aliphatic carbocycles. The van der Waals surface area contributed by atoms with Crippen molar-refractivity contribution in [1.82, 2.24) is 0 Å². The number of anilines is 3. The molecule has 218 valence electrons. The van der Waals surface area contributed by atoms with Crippen molar-refractivity contribution in [2.24, 2.45) is 0 Å². The van der Waals surface area contributed by atoms with Gasteiger partial charge in [-0.25, -0.2) is 0 Å². The van der Waals surface area contributed by atoms with Crippen molar-refractivity contribution in [2.75, 3.05) is 77.9 Å². The summed E-state index contributed by atoms with van der Waals surface area (Å²) in [6.45, 7) is 3.55. The maximum absolute atomic E-state index is 4.38. The minimum atomic E-state index is -0.0523. The Bertz CT molecular complexity index is 1660. The van der Waals surface area contributed by atoms with E-state index in [1.165, 1.54) is 60.7 Å². The third-order valence-corrected chi connectivity index (χ3v) is 13.2. The van der Waals surface area contributed by atoms with Crippen LogP contribution in [-0.4, -0.2) is 93.9 Å². The van der Waals surface area contributed by atoms with Gasteiger partial charge in [-0.05, 0) is 34.4 Å². The van der Waals surface area contributed by atoms with Gasteiger partial charge in [0.2, 0.25) is 0 Å². The van der Waals surface area contributed by atoms with Crippen molar-refractivity contribution in [2.45, 2.75) is 54.0 Å². The quantitative estimate of drug-likeness (QED) is 0.391. The van der Waals surface area contributed by atoms with E-state index in [9.17, 15) is 0 Å². The summed E-state index contributed by atoms with van der Waals surface area (Å²) >= 11 is 0. The smallest absolute Gasteiger partial charge is 0.176 e. The third-order valence-electron chi connectivity index (χ3n) is 13.2. The van der Waals surface area contributed by atoms with E-state index in [-0.39, 0.29) is 16.2 Å². The predicted octanol–water partition coefficient (Wildman–Crippen LogP) is 4.84. The average molecular weight is 564 g/mol. The predicted molar refractivity (Wildman–Crippen MR) is 170 cm³/mol. The van der Waals surface area contributed by atoms with Crippen molar-refractivity contribution in [1.29, 1.82) is 0 Å². The van der Waals surface area contributed by atoms with Crippen LogP contribution in [0.15, 0.2) is 66.7 Å². The van der Waals surface area contributed by atoms with Crippen molar-refractivity contribution >= 4 is 17.1 Å². The second-order valence-electron chi connectivity index (χ2n) is 16.1. The van der Waals surface area contributed by atoms with E-state index in [1.807, 2.05) is 0 Å². The summed E-state index contributed by atoms with van der Waals surface area (Å²) < 4.78 is 3.01. The molecule has 9 rings (SSSR count). The molecule has 0 bridgehead atoms. The summed E-state index contributed by atoms with van der Waals surface area (Å²) in [5, 5.41) is 12.5. The van der Waals surface area contributed by atoms with E-state index >= 15 is 0 Å². The van der Waals surface area contributed by atoms with Crippen LogP contribution in [0.2, 0.25) is 0 Å². The van der Waals surface area contributed by atoms with E-state index in [4.69, 9.17) is 0 Å². The fourth-order valence-corrected chi connectivity index (χ4v) is 11.4. The van der Waals surface area contributed by atoms with Gasteiger partial charge >= 0.3 is 0 Å². The molecule has 6 heterocycles. The summed E-state index contributed by atoms with van der Waals surface area (Å²) in [6.07, 6.45) is 4.57. The van der Waals surface area contributed by atoms with Crippen LogP contribution in [0.3, 0.4) is 0 Å². The zero-order chi connectivity index (χ0) is 28.9. The topological polar surface area (TPSA) is 36.1 Å². The number of para-hydroxylation sites is 3. The summed E-state index contributed by atoms with van der Waals surface area (Å²) in [5.41, 5.74) is 10.2. The number of hydrogen-bond acceptors (Lipinski definition) is 3. The number of benzene rings is 3. The van der Waals surface area contributed by atoms with Gasteiger partial charge in [0.1, 0.15) is 5.41 Å². The first kappa shape index (κ1) is 25.4. The Labute approximate surface area is 251 Å². The normalized spacial score (nSPS) is 38.4. The van der Waals surface area contributed by atoms with Crippen molar-refractivity contribution < 1.29 is 13.4 Å². The highest BCUT2D eigenvalue weighted by atomic mass is 15.5. The Hall–Kier alpha value is -3.06. The number of fused-ring (bicyclic) bond motifs is 10. The van der Waals surface area contributed by atoms with Crippen molar-refractivity contribution in [3.05, 3.63) is 89.0 Å². The summed E-state index contributed by atoms with van der Waals surface area (Å²) in [7, 11) is 14.7. The lowest BCUT2D eigenvalue weighted by Gasteiger charge is -2.47.